The Kier molecular flexibility index (Phi) is 7.45. The molecule has 0 heterocycles. The van der Waals surface area contributed by atoms with E-state index in [1.54, 1.807) is 30.3 Å². The molecule has 3 N–H and O–H groups in total. The number of unbranched alkanes of at least 4 members (excludes halogenated alkanes) is 2. The van der Waals surface area contributed by atoms with Crippen molar-refractivity contribution in [3.8, 4) is 16.9 Å². The Morgan fingerprint density at radius 3 is 1.69 bits per heavy atom. The third-order valence-electron chi connectivity index (χ3n) is 4.74. The molecule has 0 bridgehead atoms. The van der Waals surface area contributed by atoms with E-state index in [1.807, 2.05) is 13.8 Å². The molecule has 9 heteroatoms. The van der Waals surface area contributed by atoms with E-state index in [2.05, 4.69) is 0 Å². The Balaban J connectivity index is 3.14. The summed E-state index contributed by atoms with van der Waals surface area (Å²) in [5.74, 6) is -0.820. The molecule has 2 aromatic rings. The van der Waals surface area contributed by atoms with Gasteiger partial charge in [-0.05, 0) is 42.4 Å². The summed E-state index contributed by atoms with van der Waals surface area (Å²) in [5.41, 5.74) is 1.11. The van der Waals surface area contributed by atoms with Crippen LogP contribution in [0.1, 0.15) is 50.7 Å². The van der Waals surface area contributed by atoms with E-state index in [0.717, 1.165) is 12.8 Å². The van der Waals surface area contributed by atoms with Gasteiger partial charge in [-0.2, -0.15) is 16.8 Å². The highest BCUT2D eigenvalue weighted by atomic mass is 32.2. The Bertz CT molecular complexity index is 1070. The van der Waals surface area contributed by atoms with Gasteiger partial charge in [-0.15, -0.1) is 0 Å². The first kappa shape index (κ1) is 23.3. The third kappa shape index (κ3) is 5.16. The lowest BCUT2D eigenvalue weighted by Crippen LogP contribution is -2.15. The molecule has 0 fully saturated rings. The highest BCUT2D eigenvalue weighted by Gasteiger charge is 2.35. The maximum absolute atomic E-state index is 12.3. The van der Waals surface area contributed by atoms with Crippen molar-refractivity contribution in [1.29, 1.82) is 0 Å². The van der Waals surface area contributed by atoms with Crippen molar-refractivity contribution in [3.63, 3.8) is 0 Å². The van der Waals surface area contributed by atoms with Crippen LogP contribution in [0.3, 0.4) is 0 Å². The minimum atomic E-state index is -5.15. The highest BCUT2D eigenvalue weighted by Crippen LogP contribution is 2.45. The van der Waals surface area contributed by atoms with Gasteiger partial charge in [0.1, 0.15) is 10.6 Å². The average Bonchev–Trinajstić information content (AvgIpc) is 2.63. The highest BCUT2D eigenvalue weighted by molar-refractivity contribution is 7.89. The van der Waals surface area contributed by atoms with Crippen LogP contribution < -0.4 is 0 Å². The molecule has 0 aromatic heterocycles. The second-order valence-corrected chi connectivity index (χ2v) is 9.58. The molecule has 2 aromatic carbocycles. The number of rotatable bonds is 9. The molecule has 0 atom stereocenters. The number of hydrogen-bond acceptors (Lipinski definition) is 5. The molecule has 0 saturated heterocycles. The van der Waals surface area contributed by atoms with Crippen molar-refractivity contribution >= 4 is 20.2 Å². The zero-order chi connectivity index (χ0) is 21.8. The topological polar surface area (TPSA) is 129 Å². The number of phenols is 1. The third-order valence-corrected chi connectivity index (χ3v) is 6.71. The monoisotopic (exact) mass is 442 g/mol. The average molecular weight is 443 g/mol. The first-order chi connectivity index (χ1) is 13.5. The van der Waals surface area contributed by atoms with E-state index >= 15 is 0 Å². The zero-order valence-electron chi connectivity index (χ0n) is 16.4. The van der Waals surface area contributed by atoms with E-state index in [1.165, 1.54) is 0 Å². The zero-order valence-corrected chi connectivity index (χ0v) is 18.1. The molecule has 0 saturated carbocycles. The molecule has 0 amide bonds. The van der Waals surface area contributed by atoms with E-state index in [0.29, 0.717) is 36.8 Å². The van der Waals surface area contributed by atoms with Crippen LogP contribution in [0.2, 0.25) is 0 Å². The summed E-state index contributed by atoms with van der Waals surface area (Å²) in [6.07, 6.45) is 3.50. The quantitative estimate of drug-likeness (QED) is 0.495. The number of phenolic OH excluding ortho intramolecular Hbond substituents is 1. The van der Waals surface area contributed by atoms with Gasteiger partial charge in [0.2, 0.25) is 0 Å². The molecule has 2 rings (SSSR count). The Morgan fingerprint density at radius 1 is 0.759 bits per heavy atom. The summed E-state index contributed by atoms with van der Waals surface area (Å²) in [5, 5.41) is 10.7. The first-order valence-electron chi connectivity index (χ1n) is 9.45. The lowest BCUT2D eigenvalue weighted by molar-refractivity contribution is 0.424. The molecule has 0 unspecified atom stereocenters. The lowest BCUT2D eigenvalue weighted by atomic mass is 9.89. The van der Waals surface area contributed by atoms with Gasteiger partial charge >= 0.3 is 0 Å². The van der Waals surface area contributed by atoms with E-state index in [-0.39, 0.29) is 11.1 Å². The molecule has 0 aliphatic carbocycles. The van der Waals surface area contributed by atoms with Crippen LogP contribution >= 0.6 is 0 Å². The van der Waals surface area contributed by atoms with Crippen molar-refractivity contribution in [2.45, 2.75) is 62.2 Å². The van der Waals surface area contributed by atoms with E-state index in [4.69, 9.17) is 0 Å². The Hall–Kier alpha value is -1.94. The molecule has 7 nitrogen and oxygen atoms in total. The molecule has 160 valence electrons. The Morgan fingerprint density at radius 2 is 1.24 bits per heavy atom. The fourth-order valence-electron chi connectivity index (χ4n) is 3.44. The summed E-state index contributed by atoms with van der Waals surface area (Å²) in [7, 11) is -10.3. The second-order valence-electron chi connectivity index (χ2n) is 6.86. The fraction of sp³-hybridized carbons (Fsp3) is 0.400. The summed E-state index contributed by atoms with van der Waals surface area (Å²) in [4.78, 5) is -2.17. The van der Waals surface area contributed by atoms with Crippen molar-refractivity contribution < 1.29 is 31.0 Å². The van der Waals surface area contributed by atoms with Crippen LogP contribution in [-0.4, -0.2) is 31.0 Å². The van der Waals surface area contributed by atoms with Gasteiger partial charge in [0.05, 0.1) is 0 Å². The molecule has 0 radical (unpaired) electrons. The van der Waals surface area contributed by atoms with Gasteiger partial charge in [-0.3, -0.25) is 9.11 Å². The van der Waals surface area contributed by atoms with Gasteiger partial charge in [0.25, 0.3) is 20.2 Å². The number of hydrogen-bond donors (Lipinski definition) is 3. The summed E-state index contributed by atoms with van der Waals surface area (Å²) in [6, 6.07) is 8.20. The second kappa shape index (κ2) is 9.25. The SMILES string of the molecule is CCCCc1c(O)c(S(=O)(=O)O)c(S(=O)(=O)O)c(-c2ccccc2)c1CCCC. The molecule has 0 aliphatic heterocycles. The van der Waals surface area contributed by atoms with Gasteiger partial charge in [0, 0.05) is 5.56 Å². The Labute approximate surface area is 171 Å². The molecule has 0 spiro atoms. The van der Waals surface area contributed by atoms with E-state index in [9.17, 15) is 31.0 Å². The van der Waals surface area contributed by atoms with Gasteiger partial charge < -0.3 is 5.11 Å². The van der Waals surface area contributed by atoms with Crippen LogP contribution in [-0.2, 0) is 33.1 Å². The van der Waals surface area contributed by atoms with Gasteiger partial charge in [0.15, 0.2) is 4.90 Å². The van der Waals surface area contributed by atoms with Crippen molar-refractivity contribution in [3.05, 3.63) is 41.5 Å². The minimum Gasteiger partial charge on any atom is -0.506 e. The summed E-state index contributed by atoms with van der Waals surface area (Å²) >= 11 is 0. The van der Waals surface area contributed by atoms with Crippen LogP contribution in [0, 0.1) is 0 Å². The lowest BCUT2D eigenvalue weighted by Gasteiger charge is -2.22. The van der Waals surface area contributed by atoms with Gasteiger partial charge in [-0.1, -0.05) is 57.0 Å². The smallest absolute Gasteiger partial charge is 0.299 e. The van der Waals surface area contributed by atoms with Crippen LogP contribution in [0.5, 0.6) is 5.75 Å². The maximum atomic E-state index is 12.3. The van der Waals surface area contributed by atoms with Gasteiger partial charge in [-0.25, -0.2) is 0 Å². The molecule has 0 aliphatic rings. The normalized spacial score (nSPS) is 12.3. The number of benzene rings is 2. The minimum absolute atomic E-state index is 0.00178. The molecular formula is C20H26O7S2. The first-order valence-corrected chi connectivity index (χ1v) is 12.3. The largest absolute Gasteiger partial charge is 0.506 e. The fourth-order valence-corrected chi connectivity index (χ4v) is 5.60. The standard InChI is InChI=1S/C20H26O7S2/c1-3-5-12-15-16(13-6-4-2)18(21)20(29(25,26)27)19(28(22,23)24)17(15)14-10-8-7-9-11-14/h7-11,21H,3-6,12-13H2,1-2H3,(H,22,23,24)(H,25,26,27). The van der Waals surface area contributed by atoms with Crippen molar-refractivity contribution in [1.82, 2.24) is 0 Å². The maximum Gasteiger partial charge on any atom is 0.299 e. The summed E-state index contributed by atoms with van der Waals surface area (Å²) in [6.45, 7) is 3.88. The number of aromatic hydroxyl groups is 1. The van der Waals surface area contributed by atoms with Crippen LogP contribution in [0.15, 0.2) is 40.1 Å². The van der Waals surface area contributed by atoms with Crippen LogP contribution in [0.4, 0.5) is 0 Å². The molecular weight excluding hydrogens is 416 g/mol. The predicted octanol–water partition coefficient (Wildman–Crippen LogP) is 4.24. The van der Waals surface area contributed by atoms with E-state index < -0.39 is 35.8 Å². The summed E-state index contributed by atoms with van der Waals surface area (Å²) < 4.78 is 68.3. The predicted molar refractivity (Wildman–Crippen MR) is 110 cm³/mol. The molecule has 29 heavy (non-hydrogen) atoms. The van der Waals surface area contributed by atoms with Crippen molar-refractivity contribution in [2.24, 2.45) is 0 Å². The van der Waals surface area contributed by atoms with Crippen LogP contribution in [0.25, 0.3) is 11.1 Å². The van der Waals surface area contributed by atoms with Crippen molar-refractivity contribution in [2.75, 3.05) is 0 Å².